The summed E-state index contributed by atoms with van der Waals surface area (Å²) in [5.74, 6) is 0.0773. The van der Waals surface area contributed by atoms with Gasteiger partial charge in [-0.25, -0.2) is 0 Å². The minimum absolute atomic E-state index is 0.0773. The second-order valence-corrected chi connectivity index (χ2v) is 4.06. The normalized spacial score (nSPS) is 24.9. The van der Waals surface area contributed by atoms with Crippen molar-refractivity contribution in [3.63, 3.8) is 0 Å². The number of alkyl halides is 3. The summed E-state index contributed by atoms with van der Waals surface area (Å²) in [5, 5.41) is 2.67. The molecule has 0 saturated carbocycles. The van der Waals surface area contributed by atoms with Crippen molar-refractivity contribution in [3.8, 4) is 5.75 Å². The highest BCUT2D eigenvalue weighted by atomic mass is 19.4. The number of ether oxygens (including phenoxy) is 1. The number of para-hydroxylation sites is 2. The molecule has 3 nitrogen and oxygen atoms in total. The van der Waals surface area contributed by atoms with Gasteiger partial charge < -0.3 is 15.8 Å². The predicted octanol–water partition coefficient (Wildman–Crippen LogP) is 1.94. The molecule has 0 amide bonds. The Balaban J connectivity index is 2.28. The summed E-state index contributed by atoms with van der Waals surface area (Å²) in [6.07, 6.45) is -4.52. The Labute approximate surface area is 96.8 Å². The lowest BCUT2D eigenvalue weighted by Crippen LogP contribution is -2.52. The van der Waals surface area contributed by atoms with Crippen molar-refractivity contribution in [2.45, 2.75) is 18.2 Å². The Bertz CT molecular complexity index is 400. The molecule has 1 fully saturated rings. The number of nitrogen functional groups attached to an aromatic ring is 1. The van der Waals surface area contributed by atoms with E-state index in [1.807, 2.05) is 0 Å². The number of benzene rings is 1. The van der Waals surface area contributed by atoms with Crippen molar-refractivity contribution >= 4 is 5.69 Å². The summed E-state index contributed by atoms with van der Waals surface area (Å²) in [7, 11) is 0. The van der Waals surface area contributed by atoms with E-state index in [2.05, 4.69) is 5.32 Å². The lowest BCUT2D eigenvalue weighted by Gasteiger charge is -2.32. The summed E-state index contributed by atoms with van der Waals surface area (Å²) < 4.78 is 44.2. The Morgan fingerprint density at radius 3 is 2.53 bits per heavy atom. The van der Waals surface area contributed by atoms with Crippen LogP contribution in [0.3, 0.4) is 0 Å². The molecule has 1 heterocycles. The van der Waals surface area contributed by atoms with E-state index in [0.29, 0.717) is 0 Å². The smallest absolute Gasteiger partial charge is 0.429 e. The van der Waals surface area contributed by atoms with Crippen LogP contribution < -0.4 is 15.8 Å². The van der Waals surface area contributed by atoms with Gasteiger partial charge in [0.25, 0.3) is 0 Å². The van der Waals surface area contributed by atoms with Gasteiger partial charge in [0.15, 0.2) is 0 Å². The molecular formula is C11H13F3N2O. The van der Waals surface area contributed by atoms with Crippen LogP contribution in [-0.2, 0) is 0 Å². The third-order valence-corrected chi connectivity index (χ3v) is 2.86. The zero-order valence-corrected chi connectivity index (χ0v) is 9.05. The molecule has 1 aliphatic heterocycles. The lowest BCUT2D eigenvalue weighted by atomic mass is 10.0. The highest BCUT2D eigenvalue weighted by molar-refractivity contribution is 5.52. The van der Waals surface area contributed by atoms with Crippen LogP contribution in [0.15, 0.2) is 24.3 Å². The maximum Gasteiger partial charge on any atom is 0.429 e. The minimum atomic E-state index is -4.42. The van der Waals surface area contributed by atoms with Gasteiger partial charge in [0, 0.05) is 13.0 Å². The number of nitrogens with two attached hydrogens (primary N) is 1. The van der Waals surface area contributed by atoms with Gasteiger partial charge in [0.05, 0.1) is 5.69 Å². The quantitative estimate of drug-likeness (QED) is 0.784. The third kappa shape index (κ3) is 2.17. The summed E-state index contributed by atoms with van der Waals surface area (Å²) in [5.41, 5.74) is 3.63. The first-order valence-electron chi connectivity index (χ1n) is 5.26. The molecular weight excluding hydrogens is 233 g/mol. The Hall–Kier alpha value is -1.43. The van der Waals surface area contributed by atoms with E-state index < -0.39 is 11.8 Å². The number of nitrogens with one attached hydrogen (secondary N) is 1. The van der Waals surface area contributed by atoms with Gasteiger partial charge in [-0.05, 0) is 18.7 Å². The van der Waals surface area contributed by atoms with Gasteiger partial charge in [-0.15, -0.1) is 0 Å². The Morgan fingerprint density at radius 1 is 1.29 bits per heavy atom. The summed E-state index contributed by atoms with van der Waals surface area (Å²) >= 11 is 0. The molecule has 1 saturated heterocycles. The van der Waals surface area contributed by atoms with Gasteiger partial charge in [-0.1, -0.05) is 12.1 Å². The monoisotopic (exact) mass is 246 g/mol. The summed E-state index contributed by atoms with van der Waals surface area (Å²) in [4.78, 5) is 0. The maximum atomic E-state index is 13.0. The maximum absolute atomic E-state index is 13.0. The predicted molar refractivity (Wildman–Crippen MR) is 57.8 cm³/mol. The van der Waals surface area contributed by atoms with Crippen molar-refractivity contribution < 1.29 is 17.9 Å². The topological polar surface area (TPSA) is 47.3 Å². The fourth-order valence-corrected chi connectivity index (χ4v) is 1.84. The van der Waals surface area contributed by atoms with Crippen molar-refractivity contribution in [1.29, 1.82) is 0 Å². The zero-order valence-electron chi connectivity index (χ0n) is 9.05. The highest BCUT2D eigenvalue weighted by Crippen LogP contribution is 2.40. The fraction of sp³-hybridized carbons (Fsp3) is 0.455. The SMILES string of the molecule is Nc1ccccc1OC1(C(F)(F)F)CCNC1. The van der Waals surface area contributed by atoms with E-state index in [0.717, 1.165) is 0 Å². The second-order valence-electron chi connectivity index (χ2n) is 4.06. The number of rotatable bonds is 2. The average molecular weight is 246 g/mol. The van der Waals surface area contributed by atoms with Crippen LogP contribution in [0.25, 0.3) is 0 Å². The molecule has 6 heteroatoms. The molecule has 0 aromatic heterocycles. The van der Waals surface area contributed by atoms with E-state index in [9.17, 15) is 13.2 Å². The molecule has 0 radical (unpaired) electrons. The number of hydrogen-bond donors (Lipinski definition) is 2. The van der Waals surface area contributed by atoms with Crippen LogP contribution in [0.5, 0.6) is 5.75 Å². The molecule has 3 N–H and O–H groups in total. The Kier molecular flexibility index (Phi) is 2.91. The van der Waals surface area contributed by atoms with Crippen LogP contribution in [0.1, 0.15) is 6.42 Å². The first kappa shape index (κ1) is 12.0. The van der Waals surface area contributed by atoms with E-state index >= 15 is 0 Å². The molecule has 0 spiro atoms. The first-order chi connectivity index (χ1) is 7.95. The number of anilines is 1. The molecule has 2 rings (SSSR count). The van der Waals surface area contributed by atoms with Gasteiger partial charge >= 0.3 is 6.18 Å². The second kappa shape index (κ2) is 4.10. The molecule has 0 bridgehead atoms. The van der Waals surface area contributed by atoms with Crippen molar-refractivity contribution in [2.75, 3.05) is 18.8 Å². The molecule has 1 aromatic carbocycles. The van der Waals surface area contributed by atoms with Gasteiger partial charge in [0.1, 0.15) is 5.75 Å². The van der Waals surface area contributed by atoms with Gasteiger partial charge in [-0.3, -0.25) is 0 Å². The number of halogens is 3. The molecule has 1 unspecified atom stereocenters. The van der Waals surface area contributed by atoms with Gasteiger partial charge in [0.2, 0.25) is 5.60 Å². The first-order valence-corrected chi connectivity index (χ1v) is 5.26. The lowest BCUT2D eigenvalue weighted by molar-refractivity contribution is -0.240. The molecule has 1 aromatic rings. The molecule has 1 aliphatic rings. The van der Waals surface area contributed by atoms with E-state index in [4.69, 9.17) is 10.5 Å². The van der Waals surface area contributed by atoms with Crippen molar-refractivity contribution in [1.82, 2.24) is 5.32 Å². The van der Waals surface area contributed by atoms with Crippen LogP contribution in [0.2, 0.25) is 0 Å². The van der Waals surface area contributed by atoms with E-state index in [-0.39, 0.29) is 30.9 Å². The Morgan fingerprint density at radius 2 is 2.00 bits per heavy atom. The van der Waals surface area contributed by atoms with Crippen molar-refractivity contribution in [3.05, 3.63) is 24.3 Å². The molecule has 1 atom stereocenters. The van der Waals surface area contributed by atoms with Crippen LogP contribution in [0.4, 0.5) is 18.9 Å². The molecule has 17 heavy (non-hydrogen) atoms. The fourth-order valence-electron chi connectivity index (χ4n) is 1.84. The largest absolute Gasteiger partial charge is 0.474 e. The zero-order chi connectivity index (χ0) is 12.5. The van der Waals surface area contributed by atoms with E-state index in [1.54, 1.807) is 12.1 Å². The summed E-state index contributed by atoms with van der Waals surface area (Å²) in [6.45, 7) is 0.0388. The van der Waals surface area contributed by atoms with Gasteiger partial charge in [-0.2, -0.15) is 13.2 Å². The van der Waals surface area contributed by atoms with Crippen LogP contribution in [-0.4, -0.2) is 24.9 Å². The third-order valence-electron chi connectivity index (χ3n) is 2.86. The van der Waals surface area contributed by atoms with E-state index in [1.165, 1.54) is 12.1 Å². The molecule has 0 aliphatic carbocycles. The van der Waals surface area contributed by atoms with Crippen LogP contribution in [0, 0.1) is 0 Å². The molecule has 94 valence electrons. The highest BCUT2D eigenvalue weighted by Gasteiger charge is 2.58. The number of hydrogen-bond acceptors (Lipinski definition) is 3. The van der Waals surface area contributed by atoms with Crippen LogP contribution >= 0.6 is 0 Å². The summed E-state index contributed by atoms with van der Waals surface area (Å²) in [6, 6.07) is 6.20. The van der Waals surface area contributed by atoms with Crippen molar-refractivity contribution in [2.24, 2.45) is 0 Å². The minimum Gasteiger partial charge on any atom is -0.474 e. The standard InChI is InChI=1S/C11H13F3N2O/c12-11(13,14)10(5-6-16-7-10)17-9-4-2-1-3-8(9)15/h1-4,16H,5-7,15H2. The average Bonchev–Trinajstić information content (AvgIpc) is 2.70.